The predicted molar refractivity (Wildman–Crippen MR) is 95.5 cm³/mol. The maximum Gasteiger partial charge on any atom is 0.257 e. The van der Waals surface area contributed by atoms with Crippen molar-refractivity contribution in [2.75, 3.05) is 5.32 Å². The summed E-state index contributed by atoms with van der Waals surface area (Å²) in [5.41, 5.74) is 1.18. The third-order valence-corrected chi connectivity index (χ3v) is 3.87. The van der Waals surface area contributed by atoms with Gasteiger partial charge in [0.05, 0.1) is 6.10 Å². The fourth-order valence-corrected chi connectivity index (χ4v) is 2.70. The van der Waals surface area contributed by atoms with Crippen molar-refractivity contribution in [3.05, 3.63) is 59.9 Å². The Bertz CT molecular complexity index is 861. The minimum absolute atomic E-state index is 0.0750. The summed E-state index contributed by atoms with van der Waals surface area (Å²) in [5.74, 6) is 0.553. The van der Waals surface area contributed by atoms with Gasteiger partial charge in [-0.15, -0.1) is 0 Å². The Morgan fingerprint density at radius 1 is 1.12 bits per heavy atom. The highest BCUT2D eigenvalue weighted by molar-refractivity contribution is 7.10. The Hall–Kier alpha value is -2.80. The molecule has 0 radical (unpaired) electrons. The number of carbonyl (C=O) groups is 1. The number of carbonyl (C=O) groups excluding carboxylic acids is 1. The second-order valence-corrected chi connectivity index (χ2v) is 6.33. The van der Waals surface area contributed by atoms with Gasteiger partial charge in [0.2, 0.25) is 5.13 Å². The lowest BCUT2D eigenvalue weighted by Gasteiger charge is -2.09. The average molecular weight is 357 g/mol. The molecular formula is C18H16FN3O2S. The first-order valence-corrected chi connectivity index (χ1v) is 8.46. The van der Waals surface area contributed by atoms with E-state index in [4.69, 9.17) is 4.74 Å². The van der Waals surface area contributed by atoms with Crippen LogP contribution in [-0.2, 0) is 0 Å². The molecule has 0 saturated carbocycles. The highest BCUT2D eigenvalue weighted by Crippen LogP contribution is 2.22. The zero-order chi connectivity index (χ0) is 17.8. The summed E-state index contributed by atoms with van der Waals surface area (Å²) >= 11 is 1.07. The number of aromatic nitrogens is 2. The van der Waals surface area contributed by atoms with Crippen LogP contribution in [-0.4, -0.2) is 21.4 Å². The maximum absolute atomic E-state index is 13.0. The van der Waals surface area contributed by atoms with Crippen LogP contribution in [0.1, 0.15) is 24.2 Å². The summed E-state index contributed by atoms with van der Waals surface area (Å²) in [6, 6.07) is 12.7. The maximum atomic E-state index is 13.0. The topological polar surface area (TPSA) is 64.1 Å². The second-order valence-electron chi connectivity index (χ2n) is 5.58. The minimum atomic E-state index is -0.322. The summed E-state index contributed by atoms with van der Waals surface area (Å²) in [6.45, 7) is 3.88. The third kappa shape index (κ3) is 4.39. The van der Waals surface area contributed by atoms with E-state index in [1.807, 2.05) is 13.8 Å². The molecule has 3 aromatic rings. The quantitative estimate of drug-likeness (QED) is 0.736. The molecule has 5 nitrogen and oxygen atoms in total. The van der Waals surface area contributed by atoms with Crippen LogP contribution in [0.25, 0.3) is 11.4 Å². The number of hydrogen-bond acceptors (Lipinski definition) is 5. The minimum Gasteiger partial charge on any atom is -0.491 e. The zero-order valence-corrected chi connectivity index (χ0v) is 14.5. The largest absolute Gasteiger partial charge is 0.491 e. The van der Waals surface area contributed by atoms with Gasteiger partial charge in [0.25, 0.3) is 5.91 Å². The molecule has 1 amide bonds. The molecule has 3 rings (SSSR count). The first kappa shape index (κ1) is 17.0. The Kier molecular flexibility index (Phi) is 5.04. The van der Waals surface area contributed by atoms with Crippen LogP contribution < -0.4 is 10.1 Å². The van der Waals surface area contributed by atoms with Crippen LogP contribution in [0.3, 0.4) is 0 Å². The van der Waals surface area contributed by atoms with Gasteiger partial charge in [0.15, 0.2) is 5.82 Å². The predicted octanol–water partition coefficient (Wildman–Crippen LogP) is 4.38. The van der Waals surface area contributed by atoms with Crippen molar-refractivity contribution in [1.82, 2.24) is 9.36 Å². The van der Waals surface area contributed by atoms with Gasteiger partial charge in [-0.25, -0.2) is 4.39 Å². The number of amides is 1. The zero-order valence-electron chi connectivity index (χ0n) is 13.7. The normalized spacial score (nSPS) is 10.7. The van der Waals surface area contributed by atoms with Crippen molar-refractivity contribution in [2.45, 2.75) is 20.0 Å². The molecule has 7 heteroatoms. The van der Waals surface area contributed by atoms with Crippen molar-refractivity contribution in [3.63, 3.8) is 0 Å². The number of halogens is 1. The molecule has 0 aliphatic rings. The Morgan fingerprint density at radius 3 is 2.44 bits per heavy atom. The van der Waals surface area contributed by atoms with Gasteiger partial charge in [-0.1, -0.05) is 0 Å². The molecule has 0 bridgehead atoms. The fraction of sp³-hybridized carbons (Fsp3) is 0.167. The van der Waals surface area contributed by atoms with E-state index in [2.05, 4.69) is 14.7 Å². The van der Waals surface area contributed by atoms with Gasteiger partial charge in [-0.05, 0) is 62.4 Å². The smallest absolute Gasteiger partial charge is 0.257 e. The van der Waals surface area contributed by atoms with E-state index in [0.29, 0.717) is 27.8 Å². The summed E-state index contributed by atoms with van der Waals surface area (Å²) in [6.07, 6.45) is 0.0750. The molecule has 0 saturated heterocycles. The number of hydrogen-bond donors (Lipinski definition) is 1. The second kappa shape index (κ2) is 7.40. The van der Waals surface area contributed by atoms with Crippen molar-refractivity contribution in [2.24, 2.45) is 0 Å². The van der Waals surface area contributed by atoms with E-state index in [9.17, 15) is 9.18 Å². The summed E-state index contributed by atoms with van der Waals surface area (Å²) in [4.78, 5) is 16.5. The molecule has 0 spiro atoms. The van der Waals surface area contributed by atoms with E-state index >= 15 is 0 Å². The monoisotopic (exact) mass is 357 g/mol. The number of benzene rings is 2. The van der Waals surface area contributed by atoms with Gasteiger partial charge in [0, 0.05) is 22.7 Å². The van der Waals surface area contributed by atoms with Gasteiger partial charge in [0.1, 0.15) is 11.6 Å². The van der Waals surface area contributed by atoms with Crippen LogP contribution in [0.4, 0.5) is 9.52 Å². The molecule has 1 aromatic heterocycles. The molecule has 1 N–H and O–H groups in total. The number of rotatable bonds is 5. The highest BCUT2D eigenvalue weighted by Gasteiger charge is 2.11. The molecule has 0 unspecified atom stereocenters. The standard InChI is InChI=1S/C18H16FN3O2S/c1-11(2)24-15-9-5-13(6-10-15)17(23)21-18-20-16(22-25-18)12-3-7-14(19)8-4-12/h3-11H,1-2H3,(H,20,21,22,23). The van der Waals surface area contributed by atoms with Crippen LogP contribution in [0.15, 0.2) is 48.5 Å². The molecule has 0 atom stereocenters. The number of nitrogens with one attached hydrogen (secondary N) is 1. The fourth-order valence-electron chi connectivity index (χ4n) is 2.12. The highest BCUT2D eigenvalue weighted by atomic mass is 32.1. The van der Waals surface area contributed by atoms with E-state index in [-0.39, 0.29) is 17.8 Å². The molecule has 0 aliphatic heterocycles. The van der Waals surface area contributed by atoms with E-state index in [1.54, 1.807) is 36.4 Å². The summed E-state index contributed by atoms with van der Waals surface area (Å²) in [5, 5.41) is 3.09. The lowest BCUT2D eigenvalue weighted by atomic mass is 10.2. The van der Waals surface area contributed by atoms with Gasteiger partial charge in [-0.2, -0.15) is 9.36 Å². The molecule has 0 fully saturated rings. The van der Waals surface area contributed by atoms with Crippen molar-refractivity contribution >= 4 is 22.6 Å². The molecule has 25 heavy (non-hydrogen) atoms. The average Bonchev–Trinajstić information content (AvgIpc) is 3.04. The van der Waals surface area contributed by atoms with E-state index in [0.717, 1.165) is 11.5 Å². The molecule has 2 aromatic carbocycles. The van der Waals surface area contributed by atoms with E-state index < -0.39 is 0 Å². The molecule has 1 heterocycles. The first-order chi connectivity index (χ1) is 12.0. The van der Waals surface area contributed by atoms with Crippen molar-refractivity contribution in [1.29, 1.82) is 0 Å². The SMILES string of the molecule is CC(C)Oc1ccc(C(=O)Nc2nc(-c3ccc(F)cc3)ns2)cc1. The molecule has 0 aliphatic carbocycles. The van der Waals surface area contributed by atoms with Crippen LogP contribution in [0.5, 0.6) is 5.75 Å². The third-order valence-electron chi connectivity index (χ3n) is 3.24. The lowest BCUT2D eigenvalue weighted by molar-refractivity contribution is 0.102. The number of ether oxygens (including phenoxy) is 1. The Balaban J connectivity index is 1.68. The summed E-state index contributed by atoms with van der Waals surface area (Å²) < 4.78 is 22.7. The number of nitrogens with zero attached hydrogens (tertiary/aromatic N) is 2. The molecule has 128 valence electrons. The number of anilines is 1. The van der Waals surface area contributed by atoms with Gasteiger partial charge >= 0.3 is 0 Å². The van der Waals surface area contributed by atoms with Crippen molar-refractivity contribution < 1.29 is 13.9 Å². The van der Waals surface area contributed by atoms with Crippen LogP contribution in [0, 0.1) is 5.82 Å². The lowest BCUT2D eigenvalue weighted by Crippen LogP contribution is -2.12. The van der Waals surface area contributed by atoms with Gasteiger partial charge in [-0.3, -0.25) is 10.1 Å². The Labute approximate surface area is 148 Å². The first-order valence-electron chi connectivity index (χ1n) is 7.69. The van der Waals surface area contributed by atoms with Crippen molar-refractivity contribution in [3.8, 4) is 17.1 Å². The van der Waals surface area contributed by atoms with E-state index in [1.165, 1.54) is 12.1 Å². The Morgan fingerprint density at radius 2 is 1.80 bits per heavy atom. The van der Waals surface area contributed by atoms with Gasteiger partial charge < -0.3 is 4.74 Å². The summed E-state index contributed by atoms with van der Waals surface area (Å²) in [7, 11) is 0. The van der Waals surface area contributed by atoms with Crippen LogP contribution in [0.2, 0.25) is 0 Å². The van der Waals surface area contributed by atoms with Crippen LogP contribution >= 0.6 is 11.5 Å². The molecular weight excluding hydrogens is 341 g/mol.